The van der Waals surface area contributed by atoms with Crippen LogP contribution in [0.3, 0.4) is 0 Å². The van der Waals surface area contributed by atoms with Crippen LogP contribution in [-0.2, 0) is 13.0 Å². The highest BCUT2D eigenvalue weighted by Gasteiger charge is 2.11. The molecule has 0 aliphatic carbocycles. The molecule has 0 aliphatic rings. The first-order chi connectivity index (χ1) is 9.13. The van der Waals surface area contributed by atoms with Crippen molar-refractivity contribution >= 4 is 23.0 Å². The summed E-state index contributed by atoms with van der Waals surface area (Å²) in [5.74, 6) is 3.19. The standard InChI is InChI=1S/C11H13F2N5S/c1-2-6-4-15-9(19-6)5-16-10-7(12)3-8(13)11(17-10)18-14/h3-4H,2,5,14H2,1H3,(H2,16,17,18). The van der Waals surface area contributed by atoms with Crippen molar-refractivity contribution in [3.63, 3.8) is 0 Å². The molecule has 2 aromatic heterocycles. The number of thiazole rings is 1. The van der Waals surface area contributed by atoms with Gasteiger partial charge in [0.05, 0.1) is 6.54 Å². The Bertz CT molecular complexity index is 572. The summed E-state index contributed by atoms with van der Waals surface area (Å²) in [6, 6.07) is 0.726. The maximum Gasteiger partial charge on any atom is 0.178 e. The minimum atomic E-state index is -0.840. The summed E-state index contributed by atoms with van der Waals surface area (Å²) in [6.45, 7) is 2.36. The number of pyridine rings is 1. The lowest BCUT2D eigenvalue weighted by molar-refractivity contribution is 0.578. The van der Waals surface area contributed by atoms with Crippen molar-refractivity contribution in [3.8, 4) is 0 Å². The Morgan fingerprint density at radius 1 is 1.32 bits per heavy atom. The van der Waals surface area contributed by atoms with Crippen LogP contribution in [0.2, 0.25) is 0 Å². The third kappa shape index (κ3) is 3.15. The van der Waals surface area contributed by atoms with E-state index >= 15 is 0 Å². The molecule has 8 heteroatoms. The molecule has 0 amide bonds. The van der Waals surface area contributed by atoms with E-state index in [1.165, 1.54) is 11.3 Å². The van der Waals surface area contributed by atoms with Crippen LogP contribution in [0.4, 0.5) is 20.4 Å². The predicted molar refractivity (Wildman–Crippen MR) is 70.8 cm³/mol. The molecular formula is C11H13F2N5S. The van der Waals surface area contributed by atoms with Crippen molar-refractivity contribution in [2.45, 2.75) is 19.9 Å². The number of anilines is 2. The SMILES string of the molecule is CCc1cnc(CNc2nc(NN)c(F)cc2F)s1. The first-order valence-electron chi connectivity index (χ1n) is 5.64. The van der Waals surface area contributed by atoms with Crippen LogP contribution in [0.1, 0.15) is 16.8 Å². The average Bonchev–Trinajstić information content (AvgIpc) is 2.86. The summed E-state index contributed by atoms with van der Waals surface area (Å²) in [5.41, 5.74) is 2.07. The molecule has 0 saturated heterocycles. The van der Waals surface area contributed by atoms with E-state index in [0.717, 1.165) is 22.4 Å². The molecule has 0 saturated carbocycles. The zero-order valence-electron chi connectivity index (χ0n) is 10.2. The molecule has 102 valence electrons. The lowest BCUT2D eigenvalue weighted by Gasteiger charge is -2.08. The molecule has 0 spiro atoms. The monoisotopic (exact) mass is 285 g/mol. The van der Waals surface area contributed by atoms with E-state index in [4.69, 9.17) is 5.84 Å². The van der Waals surface area contributed by atoms with Crippen LogP contribution in [-0.4, -0.2) is 9.97 Å². The van der Waals surface area contributed by atoms with Gasteiger partial charge in [0.15, 0.2) is 23.3 Å². The largest absolute Gasteiger partial charge is 0.361 e. The molecule has 0 unspecified atom stereocenters. The van der Waals surface area contributed by atoms with E-state index < -0.39 is 11.6 Å². The fraction of sp³-hybridized carbons (Fsp3) is 0.273. The molecule has 0 atom stereocenters. The number of hydrogen-bond donors (Lipinski definition) is 3. The van der Waals surface area contributed by atoms with Gasteiger partial charge in [0.2, 0.25) is 0 Å². The fourth-order valence-electron chi connectivity index (χ4n) is 1.44. The average molecular weight is 285 g/mol. The highest BCUT2D eigenvalue weighted by atomic mass is 32.1. The third-order valence-electron chi connectivity index (χ3n) is 2.42. The van der Waals surface area contributed by atoms with Crippen LogP contribution in [0.25, 0.3) is 0 Å². The first-order valence-corrected chi connectivity index (χ1v) is 6.45. The van der Waals surface area contributed by atoms with E-state index in [2.05, 4.69) is 20.7 Å². The molecule has 19 heavy (non-hydrogen) atoms. The maximum absolute atomic E-state index is 13.5. The van der Waals surface area contributed by atoms with Crippen LogP contribution in [0.15, 0.2) is 12.3 Å². The number of nitrogens with zero attached hydrogens (tertiary/aromatic N) is 2. The van der Waals surface area contributed by atoms with E-state index in [0.29, 0.717) is 6.54 Å². The Balaban J connectivity index is 2.10. The van der Waals surface area contributed by atoms with Gasteiger partial charge in [-0.15, -0.1) is 11.3 Å². The van der Waals surface area contributed by atoms with E-state index in [1.807, 2.05) is 6.92 Å². The van der Waals surface area contributed by atoms with Gasteiger partial charge >= 0.3 is 0 Å². The predicted octanol–water partition coefficient (Wildman–Crippen LogP) is 2.28. The number of halogens is 2. The molecule has 5 nitrogen and oxygen atoms in total. The zero-order chi connectivity index (χ0) is 13.8. The third-order valence-corrected chi connectivity index (χ3v) is 3.56. The molecule has 2 heterocycles. The van der Waals surface area contributed by atoms with Crippen molar-refractivity contribution in [3.05, 3.63) is 33.8 Å². The Morgan fingerprint density at radius 2 is 2.05 bits per heavy atom. The van der Waals surface area contributed by atoms with Crippen molar-refractivity contribution in [2.24, 2.45) is 5.84 Å². The summed E-state index contributed by atoms with van der Waals surface area (Å²) in [7, 11) is 0. The highest BCUT2D eigenvalue weighted by Crippen LogP contribution is 2.20. The molecule has 0 aliphatic heterocycles. The maximum atomic E-state index is 13.5. The Hall–Kier alpha value is -1.80. The molecule has 4 N–H and O–H groups in total. The topological polar surface area (TPSA) is 75.9 Å². The van der Waals surface area contributed by atoms with Crippen LogP contribution < -0.4 is 16.6 Å². The number of aromatic nitrogens is 2. The Labute approximate surface area is 112 Å². The van der Waals surface area contributed by atoms with Gasteiger partial charge in [-0.05, 0) is 6.42 Å². The number of nitrogens with two attached hydrogens (primary N) is 1. The summed E-state index contributed by atoms with van der Waals surface area (Å²) >= 11 is 1.53. The highest BCUT2D eigenvalue weighted by molar-refractivity contribution is 7.11. The van der Waals surface area contributed by atoms with Crippen LogP contribution >= 0.6 is 11.3 Å². The van der Waals surface area contributed by atoms with Crippen LogP contribution in [0.5, 0.6) is 0 Å². The van der Waals surface area contributed by atoms with E-state index in [-0.39, 0.29) is 11.6 Å². The van der Waals surface area contributed by atoms with Gasteiger partial charge < -0.3 is 10.7 Å². The number of nitrogens with one attached hydrogen (secondary N) is 2. The van der Waals surface area contributed by atoms with Gasteiger partial charge in [-0.3, -0.25) is 0 Å². The minimum Gasteiger partial charge on any atom is -0.361 e. The van der Waals surface area contributed by atoms with Gasteiger partial charge in [0.25, 0.3) is 0 Å². The molecule has 0 aromatic carbocycles. The fourth-order valence-corrected chi connectivity index (χ4v) is 2.25. The lowest BCUT2D eigenvalue weighted by atomic mass is 10.4. The van der Waals surface area contributed by atoms with Crippen LogP contribution in [0, 0.1) is 11.6 Å². The van der Waals surface area contributed by atoms with Gasteiger partial charge in [-0.1, -0.05) is 6.92 Å². The van der Waals surface area contributed by atoms with Gasteiger partial charge in [-0.2, -0.15) is 0 Å². The minimum absolute atomic E-state index is 0.0670. The number of aryl methyl sites for hydroxylation is 1. The van der Waals surface area contributed by atoms with Gasteiger partial charge in [0, 0.05) is 17.1 Å². The second-order valence-electron chi connectivity index (χ2n) is 3.72. The van der Waals surface area contributed by atoms with Gasteiger partial charge in [0.1, 0.15) is 5.01 Å². The molecule has 0 bridgehead atoms. The second kappa shape index (κ2) is 5.89. The summed E-state index contributed by atoms with van der Waals surface area (Å²) < 4.78 is 26.7. The summed E-state index contributed by atoms with van der Waals surface area (Å²) in [6.07, 6.45) is 2.69. The molecule has 2 aromatic rings. The molecule has 0 fully saturated rings. The van der Waals surface area contributed by atoms with Crippen molar-refractivity contribution < 1.29 is 8.78 Å². The normalized spacial score (nSPS) is 10.5. The molecule has 2 rings (SSSR count). The second-order valence-corrected chi connectivity index (χ2v) is 4.92. The van der Waals surface area contributed by atoms with Crippen molar-refractivity contribution in [2.75, 3.05) is 10.7 Å². The molecule has 0 radical (unpaired) electrons. The number of hydrogen-bond acceptors (Lipinski definition) is 6. The number of hydrazine groups is 1. The Kier molecular flexibility index (Phi) is 4.23. The Morgan fingerprint density at radius 3 is 2.68 bits per heavy atom. The first kappa shape index (κ1) is 13.6. The number of nitrogen functional groups attached to an aromatic ring is 1. The van der Waals surface area contributed by atoms with E-state index in [9.17, 15) is 8.78 Å². The van der Waals surface area contributed by atoms with Gasteiger partial charge in [-0.25, -0.2) is 24.6 Å². The summed E-state index contributed by atoms with van der Waals surface area (Å²) in [5, 5.41) is 3.58. The van der Waals surface area contributed by atoms with Crippen molar-refractivity contribution in [1.29, 1.82) is 0 Å². The van der Waals surface area contributed by atoms with Crippen molar-refractivity contribution in [1.82, 2.24) is 9.97 Å². The van der Waals surface area contributed by atoms with E-state index in [1.54, 1.807) is 6.20 Å². The quantitative estimate of drug-likeness (QED) is 0.580. The molecular weight excluding hydrogens is 272 g/mol. The zero-order valence-corrected chi connectivity index (χ0v) is 11.0. The summed E-state index contributed by atoms with van der Waals surface area (Å²) in [4.78, 5) is 9.04. The smallest absolute Gasteiger partial charge is 0.178 e. The number of rotatable bonds is 5. The lowest BCUT2D eigenvalue weighted by Crippen LogP contribution is -2.13.